The Morgan fingerprint density at radius 1 is 0.950 bits per heavy atom. The molecular formula is C18H24N2. The zero-order chi connectivity index (χ0) is 14.2. The molecule has 0 radical (unpaired) electrons. The summed E-state index contributed by atoms with van der Waals surface area (Å²) in [4.78, 5) is 2.34. The molecule has 106 valence electrons. The Labute approximate surface area is 122 Å². The van der Waals surface area contributed by atoms with Crippen LogP contribution in [0, 0.1) is 0 Å². The Hall–Kier alpha value is -1.80. The number of para-hydroxylation sites is 1. The van der Waals surface area contributed by atoms with Crippen LogP contribution in [0.4, 0.5) is 5.69 Å². The lowest BCUT2D eigenvalue weighted by Crippen LogP contribution is -2.37. The molecule has 0 saturated heterocycles. The summed E-state index contributed by atoms with van der Waals surface area (Å²) in [6.45, 7) is 4.08. The molecule has 20 heavy (non-hydrogen) atoms. The van der Waals surface area contributed by atoms with Crippen LogP contribution < -0.4 is 10.6 Å². The molecule has 1 unspecified atom stereocenters. The molecule has 0 aromatic heterocycles. The smallest absolute Gasteiger partial charge is 0.0366 e. The third-order valence-corrected chi connectivity index (χ3v) is 3.60. The lowest BCUT2D eigenvalue weighted by molar-refractivity contribution is 0.594. The van der Waals surface area contributed by atoms with Crippen molar-refractivity contribution in [3.63, 3.8) is 0 Å². The first-order valence-corrected chi connectivity index (χ1v) is 7.39. The lowest BCUT2D eigenvalue weighted by atomic mass is 10.1. The zero-order valence-electron chi connectivity index (χ0n) is 12.2. The van der Waals surface area contributed by atoms with E-state index in [-0.39, 0.29) is 6.04 Å². The van der Waals surface area contributed by atoms with Gasteiger partial charge in [0.05, 0.1) is 0 Å². The number of nitrogens with two attached hydrogens (primary N) is 1. The molecule has 0 heterocycles. The second kappa shape index (κ2) is 7.71. The maximum absolute atomic E-state index is 6.29. The minimum Gasteiger partial charge on any atom is -0.370 e. The van der Waals surface area contributed by atoms with Gasteiger partial charge >= 0.3 is 0 Å². The molecule has 0 spiro atoms. The molecule has 0 amide bonds. The van der Waals surface area contributed by atoms with Crippen molar-refractivity contribution in [2.45, 2.75) is 25.8 Å². The third-order valence-electron chi connectivity index (χ3n) is 3.60. The highest BCUT2D eigenvalue weighted by molar-refractivity contribution is 5.45. The number of rotatable bonds is 7. The van der Waals surface area contributed by atoms with Gasteiger partial charge in [0.2, 0.25) is 0 Å². The number of likely N-dealkylation sites (N-methyl/N-ethyl adjacent to an activating group) is 1. The highest BCUT2D eigenvalue weighted by Gasteiger charge is 2.09. The van der Waals surface area contributed by atoms with Gasteiger partial charge in [-0.1, -0.05) is 48.5 Å². The Balaban J connectivity index is 1.85. The Morgan fingerprint density at radius 3 is 2.15 bits per heavy atom. The van der Waals surface area contributed by atoms with E-state index < -0.39 is 0 Å². The monoisotopic (exact) mass is 268 g/mol. The van der Waals surface area contributed by atoms with E-state index in [2.05, 4.69) is 66.4 Å². The van der Waals surface area contributed by atoms with E-state index in [1.807, 2.05) is 6.07 Å². The van der Waals surface area contributed by atoms with E-state index in [9.17, 15) is 0 Å². The van der Waals surface area contributed by atoms with Crippen molar-refractivity contribution < 1.29 is 0 Å². The summed E-state index contributed by atoms with van der Waals surface area (Å²) in [6, 6.07) is 21.3. The van der Waals surface area contributed by atoms with Gasteiger partial charge in [0.1, 0.15) is 0 Å². The molecule has 0 saturated carbocycles. The van der Waals surface area contributed by atoms with Crippen LogP contribution in [0.15, 0.2) is 60.7 Å². The summed E-state index contributed by atoms with van der Waals surface area (Å²) >= 11 is 0. The van der Waals surface area contributed by atoms with E-state index >= 15 is 0 Å². The van der Waals surface area contributed by atoms with Gasteiger partial charge in [-0.3, -0.25) is 0 Å². The van der Waals surface area contributed by atoms with Crippen LogP contribution in [-0.4, -0.2) is 19.1 Å². The SMILES string of the molecule is CCN(CC(N)CCc1ccccc1)c1ccccc1. The molecule has 2 heteroatoms. The molecule has 1 atom stereocenters. The number of hydrogen-bond donors (Lipinski definition) is 1. The van der Waals surface area contributed by atoms with Crippen LogP contribution >= 0.6 is 0 Å². The Morgan fingerprint density at radius 2 is 1.55 bits per heavy atom. The average Bonchev–Trinajstić information content (AvgIpc) is 2.52. The fourth-order valence-electron chi connectivity index (χ4n) is 2.43. The highest BCUT2D eigenvalue weighted by atomic mass is 15.1. The number of benzene rings is 2. The van der Waals surface area contributed by atoms with E-state index in [4.69, 9.17) is 5.73 Å². The average molecular weight is 268 g/mol. The number of hydrogen-bond acceptors (Lipinski definition) is 2. The quantitative estimate of drug-likeness (QED) is 0.833. The van der Waals surface area contributed by atoms with Crippen molar-refractivity contribution in [2.75, 3.05) is 18.0 Å². The molecule has 2 aromatic carbocycles. The van der Waals surface area contributed by atoms with Crippen LogP contribution in [0.5, 0.6) is 0 Å². The van der Waals surface area contributed by atoms with E-state index in [0.717, 1.165) is 25.9 Å². The first-order chi connectivity index (χ1) is 9.79. The minimum atomic E-state index is 0.204. The zero-order valence-corrected chi connectivity index (χ0v) is 12.2. The summed E-state index contributed by atoms with van der Waals surface area (Å²) in [5, 5.41) is 0. The molecule has 0 bridgehead atoms. The van der Waals surface area contributed by atoms with Crippen LogP contribution in [0.3, 0.4) is 0 Å². The van der Waals surface area contributed by atoms with Crippen molar-refractivity contribution in [3.8, 4) is 0 Å². The van der Waals surface area contributed by atoms with Crippen LogP contribution in [0.25, 0.3) is 0 Å². The van der Waals surface area contributed by atoms with Gasteiger partial charge < -0.3 is 10.6 Å². The van der Waals surface area contributed by atoms with Gasteiger partial charge in [-0.25, -0.2) is 0 Å². The van der Waals surface area contributed by atoms with Gasteiger partial charge in [-0.2, -0.15) is 0 Å². The second-order valence-corrected chi connectivity index (χ2v) is 5.16. The van der Waals surface area contributed by atoms with Gasteiger partial charge in [-0.05, 0) is 37.5 Å². The standard InChI is InChI=1S/C18H24N2/c1-2-20(18-11-7-4-8-12-18)15-17(19)14-13-16-9-5-3-6-10-16/h3-12,17H,2,13-15,19H2,1H3. The van der Waals surface area contributed by atoms with E-state index in [1.54, 1.807) is 0 Å². The molecule has 0 aliphatic heterocycles. The molecule has 2 rings (SSSR count). The number of aryl methyl sites for hydroxylation is 1. The second-order valence-electron chi connectivity index (χ2n) is 5.16. The van der Waals surface area contributed by atoms with E-state index in [1.165, 1.54) is 11.3 Å². The molecule has 2 nitrogen and oxygen atoms in total. The summed E-state index contributed by atoms with van der Waals surface area (Å²) in [5.41, 5.74) is 8.91. The van der Waals surface area contributed by atoms with Crippen molar-refractivity contribution in [1.29, 1.82) is 0 Å². The van der Waals surface area contributed by atoms with Crippen LogP contribution in [-0.2, 0) is 6.42 Å². The largest absolute Gasteiger partial charge is 0.370 e. The van der Waals surface area contributed by atoms with Gasteiger partial charge in [0.15, 0.2) is 0 Å². The topological polar surface area (TPSA) is 29.3 Å². The highest BCUT2D eigenvalue weighted by Crippen LogP contribution is 2.14. The number of anilines is 1. The molecular weight excluding hydrogens is 244 g/mol. The molecule has 0 aliphatic rings. The normalized spacial score (nSPS) is 12.1. The van der Waals surface area contributed by atoms with Crippen LogP contribution in [0.1, 0.15) is 18.9 Å². The summed E-state index contributed by atoms with van der Waals surface area (Å²) in [7, 11) is 0. The molecule has 0 aliphatic carbocycles. The first kappa shape index (κ1) is 14.6. The summed E-state index contributed by atoms with van der Waals surface area (Å²) in [6.07, 6.45) is 2.07. The maximum Gasteiger partial charge on any atom is 0.0366 e. The van der Waals surface area contributed by atoms with Crippen molar-refractivity contribution in [2.24, 2.45) is 5.73 Å². The predicted molar refractivity (Wildman–Crippen MR) is 87.1 cm³/mol. The first-order valence-electron chi connectivity index (χ1n) is 7.39. The van der Waals surface area contributed by atoms with Gasteiger partial charge in [0.25, 0.3) is 0 Å². The molecule has 2 N–H and O–H groups in total. The lowest BCUT2D eigenvalue weighted by Gasteiger charge is -2.26. The van der Waals surface area contributed by atoms with Gasteiger partial charge in [0, 0.05) is 24.8 Å². The third kappa shape index (κ3) is 4.39. The maximum atomic E-state index is 6.29. The summed E-state index contributed by atoms with van der Waals surface area (Å²) in [5.74, 6) is 0. The minimum absolute atomic E-state index is 0.204. The van der Waals surface area contributed by atoms with Crippen molar-refractivity contribution in [3.05, 3.63) is 66.2 Å². The Bertz CT molecular complexity index is 481. The van der Waals surface area contributed by atoms with Gasteiger partial charge in [-0.15, -0.1) is 0 Å². The fourth-order valence-corrected chi connectivity index (χ4v) is 2.43. The Kier molecular flexibility index (Phi) is 5.63. The predicted octanol–water partition coefficient (Wildman–Crippen LogP) is 3.47. The van der Waals surface area contributed by atoms with E-state index in [0.29, 0.717) is 0 Å². The fraction of sp³-hybridized carbons (Fsp3) is 0.333. The van der Waals surface area contributed by atoms with Crippen molar-refractivity contribution in [1.82, 2.24) is 0 Å². The number of nitrogens with zero attached hydrogens (tertiary/aromatic N) is 1. The summed E-state index contributed by atoms with van der Waals surface area (Å²) < 4.78 is 0. The van der Waals surface area contributed by atoms with Crippen molar-refractivity contribution >= 4 is 5.69 Å². The van der Waals surface area contributed by atoms with Crippen LogP contribution in [0.2, 0.25) is 0 Å². The molecule has 0 fully saturated rings. The molecule has 2 aromatic rings.